The van der Waals surface area contributed by atoms with Gasteiger partial charge in [-0.3, -0.25) is 9.82 Å². The summed E-state index contributed by atoms with van der Waals surface area (Å²) in [5, 5.41) is 10.3. The predicted molar refractivity (Wildman–Crippen MR) is 83.5 cm³/mol. The second-order valence-corrected chi connectivity index (χ2v) is 6.27. The summed E-state index contributed by atoms with van der Waals surface area (Å²) in [6.45, 7) is 8.24. The average Bonchev–Trinajstić information content (AvgIpc) is 2.80. The van der Waals surface area contributed by atoms with Crippen LogP contribution < -0.4 is 5.14 Å². The first-order valence-corrected chi connectivity index (χ1v) is 7.01. The second-order valence-electron chi connectivity index (χ2n) is 5.01. The van der Waals surface area contributed by atoms with E-state index in [0.717, 1.165) is 22.5 Å². The van der Waals surface area contributed by atoms with Crippen molar-refractivity contribution in [3.05, 3.63) is 48.7 Å². The normalized spacial score (nSPS) is 11.6. The van der Waals surface area contributed by atoms with E-state index in [1.165, 1.54) is 11.9 Å². The van der Waals surface area contributed by atoms with Gasteiger partial charge in [0.1, 0.15) is 0 Å². The van der Waals surface area contributed by atoms with E-state index in [0.29, 0.717) is 0 Å². The molecule has 0 fully saturated rings. The number of hydrogen-bond donors (Lipinski definition) is 1. The molecule has 0 saturated carbocycles. The van der Waals surface area contributed by atoms with Crippen LogP contribution in [0.3, 0.4) is 0 Å². The lowest BCUT2D eigenvalue weighted by atomic mass is 10.0. The summed E-state index contributed by atoms with van der Waals surface area (Å²) in [6.07, 6.45) is 0. The van der Waals surface area contributed by atoms with Crippen LogP contribution in [0, 0.1) is 0 Å². The van der Waals surface area contributed by atoms with Crippen molar-refractivity contribution in [3.63, 3.8) is 0 Å². The van der Waals surface area contributed by atoms with E-state index >= 15 is 0 Å². The minimum absolute atomic E-state index is 0.220. The maximum Gasteiger partial charge on any atom is 0.0897 e. The Hall–Kier alpha value is -1.52. The highest BCUT2D eigenvalue weighted by Crippen LogP contribution is 2.34. The highest BCUT2D eigenvalue weighted by molar-refractivity contribution is 7.98. The fourth-order valence-corrected chi connectivity index (χ4v) is 2.12. The molecule has 1 aromatic heterocycles. The van der Waals surface area contributed by atoms with Gasteiger partial charge in [-0.15, -0.1) is 0 Å². The number of nitrogens with zero attached hydrogens (tertiary/aromatic N) is 2. The highest BCUT2D eigenvalue weighted by Gasteiger charge is 2.24. The third kappa shape index (κ3) is 2.74. The van der Waals surface area contributed by atoms with E-state index < -0.39 is 0 Å². The highest BCUT2D eigenvalue weighted by atomic mass is 32.2. The van der Waals surface area contributed by atoms with Gasteiger partial charge in [0.25, 0.3) is 0 Å². The Morgan fingerprint density at radius 2 is 1.95 bits per heavy atom. The number of rotatable bonds is 4. The molecule has 0 spiro atoms. The SMILES string of the molecule is C=C(c1cc(-c2ccccc2)n(C)n1)C(C)(C)SN. The lowest BCUT2D eigenvalue weighted by molar-refractivity contribution is 0.765. The molecule has 19 heavy (non-hydrogen) atoms. The van der Waals surface area contributed by atoms with Crippen LogP contribution in [0.1, 0.15) is 19.5 Å². The van der Waals surface area contributed by atoms with Gasteiger partial charge in [-0.25, -0.2) is 0 Å². The summed E-state index contributed by atoms with van der Waals surface area (Å²) in [6, 6.07) is 12.3. The van der Waals surface area contributed by atoms with Crippen LogP contribution in [-0.4, -0.2) is 14.5 Å². The standard InChI is InChI=1S/C15H19N3S/c1-11(15(2,3)19-16)13-10-14(18(4)17-13)12-8-6-5-7-9-12/h5-10H,1,16H2,2-4H3. The molecule has 4 heteroatoms. The second kappa shape index (κ2) is 5.23. The third-order valence-corrected chi connectivity index (χ3v) is 4.12. The maximum absolute atomic E-state index is 5.72. The molecule has 2 rings (SSSR count). The van der Waals surface area contributed by atoms with Crippen LogP contribution in [0.25, 0.3) is 16.8 Å². The quantitative estimate of drug-likeness (QED) is 0.867. The van der Waals surface area contributed by atoms with Gasteiger partial charge in [-0.1, -0.05) is 48.9 Å². The van der Waals surface area contributed by atoms with Crippen molar-refractivity contribution in [1.82, 2.24) is 9.78 Å². The lowest BCUT2D eigenvalue weighted by Gasteiger charge is -2.22. The number of benzene rings is 1. The first-order valence-electron chi connectivity index (χ1n) is 6.13. The first-order chi connectivity index (χ1) is 8.95. The van der Waals surface area contributed by atoms with Gasteiger partial charge in [0, 0.05) is 7.05 Å². The molecule has 0 aliphatic rings. The average molecular weight is 273 g/mol. The molecule has 0 aliphatic heterocycles. The largest absolute Gasteiger partial charge is 0.277 e. The van der Waals surface area contributed by atoms with Gasteiger partial charge < -0.3 is 0 Å². The van der Waals surface area contributed by atoms with Crippen LogP contribution in [0.4, 0.5) is 0 Å². The van der Waals surface area contributed by atoms with E-state index in [-0.39, 0.29) is 4.75 Å². The minimum Gasteiger partial charge on any atom is -0.277 e. The molecule has 0 bridgehead atoms. The van der Waals surface area contributed by atoms with Crippen molar-refractivity contribution < 1.29 is 0 Å². The van der Waals surface area contributed by atoms with Gasteiger partial charge in [0.05, 0.1) is 16.1 Å². The predicted octanol–water partition coefficient (Wildman–Crippen LogP) is 3.49. The van der Waals surface area contributed by atoms with Crippen LogP contribution in [0.5, 0.6) is 0 Å². The number of aryl methyl sites for hydroxylation is 1. The van der Waals surface area contributed by atoms with E-state index in [2.05, 4.69) is 43.7 Å². The Bertz CT molecular complexity index is 585. The van der Waals surface area contributed by atoms with Gasteiger partial charge in [-0.2, -0.15) is 5.10 Å². The zero-order valence-electron chi connectivity index (χ0n) is 11.6. The van der Waals surface area contributed by atoms with Crippen molar-refractivity contribution >= 4 is 17.5 Å². The maximum atomic E-state index is 5.72. The zero-order valence-corrected chi connectivity index (χ0v) is 12.4. The summed E-state index contributed by atoms with van der Waals surface area (Å²) in [7, 11) is 1.95. The molecule has 100 valence electrons. The summed E-state index contributed by atoms with van der Waals surface area (Å²) in [5.41, 5.74) is 4.06. The van der Waals surface area contributed by atoms with Crippen molar-refractivity contribution in [2.45, 2.75) is 18.6 Å². The molecule has 0 saturated heterocycles. The first kappa shape index (κ1) is 13.9. The van der Waals surface area contributed by atoms with Gasteiger partial charge in [0.15, 0.2) is 0 Å². The molecule has 1 heterocycles. The third-order valence-electron chi connectivity index (χ3n) is 3.28. The zero-order chi connectivity index (χ0) is 14.0. The minimum atomic E-state index is -0.220. The molecule has 0 radical (unpaired) electrons. The molecule has 0 atom stereocenters. The molecule has 1 aromatic carbocycles. The van der Waals surface area contributed by atoms with Gasteiger partial charge in [-0.05, 0) is 31.1 Å². The molecule has 2 aromatic rings. The Balaban J connectivity index is 2.40. The number of hydrogen-bond acceptors (Lipinski definition) is 3. The molecule has 0 amide bonds. The summed E-state index contributed by atoms with van der Waals surface area (Å²) >= 11 is 1.29. The molecule has 0 unspecified atom stereocenters. The van der Waals surface area contributed by atoms with Crippen molar-refractivity contribution in [3.8, 4) is 11.3 Å². The molecular formula is C15H19N3S. The van der Waals surface area contributed by atoms with E-state index in [4.69, 9.17) is 5.14 Å². The van der Waals surface area contributed by atoms with Crippen molar-refractivity contribution in [2.75, 3.05) is 0 Å². The molecule has 2 N–H and O–H groups in total. The van der Waals surface area contributed by atoms with Crippen molar-refractivity contribution in [1.29, 1.82) is 0 Å². The van der Waals surface area contributed by atoms with Crippen LogP contribution in [0.2, 0.25) is 0 Å². The summed E-state index contributed by atoms with van der Waals surface area (Å²) < 4.78 is 1.66. The van der Waals surface area contributed by atoms with Crippen LogP contribution in [0.15, 0.2) is 43.0 Å². The lowest BCUT2D eigenvalue weighted by Crippen LogP contribution is -2.19. The number of nitrogens with two attached hydrogens (primary N) is 1. The summed E-state index contributed by atoms with van der Waals surface area (Å²) in [4.78, 5) is 0. The van der Waals surface area contributed by atoms with E-state index in [1.54, 1.807) is 0 Å². The van der Waals surface area contributed by atoms with Gasteiger partial charge >= 0.3 is 0 Å². The molecule has 3 nitrogen and oxygen atoms in total. The Morgan fingerprint density at radius 3 is 2.53 bits per heavy atom. The summed E-state index contributed by atoms with van der Waals surface area (Å²) in [5.74, 6) is 0. The van der Waals surface area contributed by atoms with E-state index in [1.807, 2.05) is 29.9 Å². The van der Waals surface area contributed by atoms with E-state index in [9.17, 15) is 0 Å². The van der Waals surface area contributed by atoms with Gasteiger partial charge in [0.2, 0.25) is 0 Å². The Kier molecular flexibility index (Phi) is 3.83. The number of aromatic nitrogens is 2. The monoisotopic (exact) mass is 273 g/mol. The Labute approximate surface area is 118 Å². The molecular weight excluding hydrogens is 254 g/mol. The fraction of sp³-hybridized carbons (Fsp3) is 0.267. The van der Waals surface area contributed by atoms with Crippen molar-refractivity contribution in [2.24, 2.45) is 12.2 Å². The van der Waals surface area contributed by atoms with Crippen LogP contribution in [-0.2, 0) is 7.05 Å². The smallest absolute Gasteiger partial charge is 0.0897 e. The Morgan fingerprint density at radius 1 is 1.32 bits per heavy atom. The fourth-order valence-electron chi connectivity index (χ4n) is 1.87. The molecule has 0 aliphatic carbocycles. The topological polar surface area (TPSA) is 43.8 Å². The van der Waals surface area contributed by atoms with Crippen LogP contribution >= 0.6 is 11.9 Å².